The van der Waals surface area contributed by atoms with E-state index in [1.54, 1.807) is 29.5 Å². The summed E-state index contributed by atoms with van der Waals surface area (Å²) < 4.78 is 13.6. The molecule has 0 bridgehead atoms. The molecule has 27 heavy (non-hydrogen) atoms. The monoisotopic (exact) mass is 390 g/mol. The Labute approximate surface area is 164 Å². The molecule has 0 radical (unpaired) electrons. The zero-order valence-corrected chi connectivity index (χ0v) is 17.0. The molecule has 3 rings (SSSR count). The average Bonchev–Trinajstić information content (AvgIpc) is 3.08. The van der Waals surface area contributed by atoms with Gasteiger partial charge in [0.2, 0.25) is 5.91 Å². The molecule has 0 spiro atoms. The Morgan fingerprint density at radius 2 is 1.85 bits per heavy atom. The zero-order chi connectivity index (χ0) is 19.4. The molecule has 2 heterocycles. The summed E-state index contributed by atoms with van der Waals surface area (Å²) in [6.07, 6.45) is 0. The van der Waals surface area contributed by atoms with Crippen molar-refractivity contribution in [2.75, 3.05) is 38.0 Å². The minimum absolute atomic E-state index is 0.0824. The molecule has 1 amide bonds. The quantitative estimate of drug-likeness (QED) is 0.851. The zero-order valence-electron chi connectivity index (χ0n) is 16.2. The van der Waals surface area contributed by atoms with E-state index >= 15 is 0 Å². The molecule has 146 valence electrons. The average molecular weight is 391 g/mol. The van der Waals surface area contributed by atoms with Gasteiger partial charge in [-0.25, -0.2) is 9.37 Å². The molecule has 5 nitrogen and oxygen atoms in total. The summed E-state index contributed by atoms with van der Waals surface area (Å²) in [5.41, 5.74) is 1.46. The van der Waals surface area contributed by atoms with Crippen molar-refractivity contribution < 1.29 is 9.18 Å². The molecule has 1 fully saturated rings. The molecule has 1 N–H and O–H groups in total. The summed E-state index contributed by atoms with van der Waals surface area (Å²) >= 11 is 1.72. The minimum atomic E-state index is -0.409. The summed E-state index contributed by atoms with van der Waals surface area (Å²) in [5, 5.41) is 5.94. The van der Waals surface area contributed by atoms with Crippen LogP contribution in [0.25, 0.3) is 0 Å². The van der Waals surface area contributed by atoms with Crippen molar-refractivity contribution in [1.82, 2.24) is 14.8 Å². The highest BCUT2D eigenvalue weighted by Gasteiger charge is 2.22. The molecule has 2 aromatic rings. The van der Waals surface area contributed by atoms with E-state index in [1.165, 1.54) is 6.07 Å². The predicted octanol–water partition coefficient (Wildman–Crippen LogP) is 3.34. The van der Waals surface area contributed by atoms with Gasteiger partial charge < -0.3 is 5.32 Å². The number of carbonyl (C=O) groups is 1. The second-order valence-electron chi connectivity index (χ2n) is 7.96. The van der Waals surface area contributed by atoms with Crippen LogP contribution in [0.2, 0.25) is 0 Å². The van der Waals surface area contributed by atoms with Crippen molar-refractivity contribution in [3.05, 3.63) is 46.2 Å². The number of hydrogen-bond donors (Lipinski definition) is 1. The lowest BCUT2D eigenvalue weighted by Crippen LogP contribution is -2.48. The van der Waals surface area contributed by atoms with Gasteiger partial charge >= 0.3 is 0 Å². The number of nitrogens with one attached hydrogen (secondary N) is 1. The lowest BCUT2D eigenvalue weighted by atomic mass is 9.93. The SMILES string of the molecule is CC(C)(C)c1csc(CN2CCN(CC(=O)Nc3ccccc3F)CC2)n1. The van der Waals surface area contributed by atoms with Crippen LogP contribution in [0.5, 0.6) is 0 Å². The molecule has 1 saturated heterocycles. The highest BCUT2D eigenvalue weighted by Crippen LogP contribution is 2.24. The largest absolute Gasteiger partial charge is 0.322 e. The second kappa shape index (κ2) is 8.46. The van der Waals surface area contributed by atoms with Gasteiger partial charge in [0.05, 0.1) is 24.5 Å². The van der Waals surface area contributed by atoms with Crippen LogP contribution in [0, 0.1) is 5.82 Å². The number of amides is 1. The summed E-state index contributed by atoms with van der Waals surface area (Å²) in [4.78, 5) is 21.4. The number of para-hydroxylation sites is 1. The molecular formula is C20H27FN4OS. The van der Waals surface area contributed by atoms with E-state index < -0.39 is 5.82 Å². The van der Waals surface area contributed by atoms with E-state index in [0.717, 1.165) is 43.4 Å². The van der Waals surface area contributed by atoms with E-state index in [-0.39, 0.29) is 23.6 Å². The fourth-order valence-corrected chi connectivity index (χ4v) is 4.04. The fraction of sp³-hybridized carbons (Fsp3) is 0.500. The van der Waals surface area contributed by atoms with Gasteiger partial charge in [-0.05, 0) is 12.1 Å². The topological polar surface area (TPSA) is 48.5 Å². The minimum Gasteiger partial charge on any atom is -0.322 e. The van der Waals surface area contributed by atoms with E-state index in [0.29, 0.717) is 0 Å². The van der Waals surface area contributed by atoms with Gasteiger partial charge in [-0.2, -0.15) is 0 Å². The number of piperazine rings is 1. The van der Waals surface area contributed by atoms with Gasteiger partial charge in [0, 0.05) is 37.0 Å². The first-order valence-corrected chi connectivity index (χ1v) is 10.1. The Bertz CT molecular complexity index is 778. The van der Waals surface area contributed by atoms with Gasteiger partial charge in [0.25, 0.3) is 0 Å². The van der Waals surface area contributed by atoms with Crippen molar-refractivity contribution in [2.24, 2.45) is 0 Å². The first-order chi connectivity index (χ1) is 12.8. The highest BCUT2D eigenvalue weighted by atomic mass is 32.1. The molecule has 7 heteroatoms. The molecule has 0 saturated carbocycles. The van der Waals surface area contributed by atoms with Gasteiger partial charge in [-0.1, -0.05) is 32.9 Å². The maximum atomic E-state index is 13.6. The van der Waals surface area contributed by atoms with Crippen LogP contribution in [-0.2, 0) is 16.8 Å². The normalized spacial score (nSPS) is 16.4. The number of nitrogens with zero attached hydrogens (tertiary/aromatic N) is 3. The van der Waals surface area contributed by atoms with E-state index in [9.17, 15) is 9.18 Å². The van der Waals surface area contributed by atoms with Crippen LogP contribution in [0.4, 0.5) is 10.1 Å². The van der Waals surface area contributed by atoms with Gasteiger partial charge in [-0.15, -0.1) is 11.3 Å². The number of hydrogen-bond acceptors (Lipinski definition) is 5. The Balaban J connectivity index is 1.44. The van der Waals surface area contributed by atoms with Crippen molar-refractivity contribution in [1.29, 1.82) is 0 Å². The van der Waals surface area contributed by atoms with E-state index in [4.69, 9.17) is 4.98 Å². The predicted molar refractivity (Wildman–Crippen MR) is 108 cm³/mol. The number of rotatable bonds is 5. The van der Waals surface area contributed by atoms with Crippen LogP contribution in [-0.4, -0.2) is 53.4 Å². The summed E-state index contributed by atoms with van der Waals surface area (Å²) in [5.74, 6) is -0.586. The number of carbonyl (C=O) groups excluding carboxylic acids is 1. The molecule has 0 atom stereocenters. The third-order valence-corrected chi connectivity index (χ3v) is 5.49. The number of benzene rings is 1. The molecule has 1 aromatic carbocycles. The smallest absolute Gasteiger partial charge is 0.238 e. The first-order valence-electron chi connectivity index (χ1n) is 9.25. The lowest BCUT2D eigenvalue weighted by molar-refractivity contribution is -0.117. The van der Waals surface area contributed by atoms with Crippen LogP contribution < -0.4 is 5.32 Å². The fourth-order valence-electron chi connectivity index (χ4n) is 2.98. The van der Waals surface area contributed by atoms with E-state index in [1.807, 2.05) is 0 Å². The van der Waals surface area contributed by atoms with Gasteiger partial charge in [-0.3, -0.25) is 14.6 Å². The lowest BCUT2D eigenvalue weighted by Gasteiger charge is -2.33. The van der Waals surface area contributed by atoms with Crippen LogP contribution in [0.1, 0.15) is 31.5 Å². The maximum Gasteiger partial charge on any atom is 0.238 e. The molecule has 0 aliphatic carbocycles. The Morgan fingerprint density at radius 3 is 2.48 bits per heavy atom. The standard InChI is InChI=1S/C20H27FN4OS/c1-20(2,3)17-14-27-19(23-17)13-25-10-8-24(9-11-25)12-18(26)22-16-7-5-4-6-15(16)21/h4-7,14H,8-13H2,1-3H3,(H,22,26). The second-order valence-corrected chi connectivity index (χ2v) is 8.90. The first kappa shape index (κ1) is 19.9. The number of aromatic nitrogens is 1. The number of thiazole rings is 1. The van der Waals surface area contributed by atoms with Crippen molar-refractivity contribution >= 4 is 22.9 Å². The summed E-state index contributed by atoms with van der Waals surface area (Å²) in [6.45, 7) is 11.1. The molecule has 1 aromatic heterocycles. The third-order valence-electron chi connectivity index (χ3n) is 4.66. The number of anilines is 1. The van der Waals surface area contributed by atoms with Crippen molar-refractivity contribution in [2.45, 2.75) is 32.7 Å². The summed E-state index contributed by atoms with van der Waals surface area (Å²) in [7, 11) is 0. The van der Waals surface area contributed by atoms with Crippen molar-refractivity contribution in [3.63, 3.8) is 0 Å². The molecular weight excluding hydrogens is 363 g/mol. The molecule has 0 unspecified atom stereocenters. The molecule has 1 aliphatic heterocycles. The Hall–Kier alpha value is -1.83. The highest BCUT2D eigenvalue weighted by molar-refractivity contribution is 7.09. The van der Waals surface area contributed by atoms with Crippen LogP contribution >= 0.6 is 11.3 Å². The van der Waals surface area contributed by atoms with Gasteiger partial charge in [0.1, 0.15) is 10.8 Å². The van der Waals surface area contributed by atoms with Gasteiger partial charge in [0.15, 0.2) is 0 Å². The molecule has 1 aliphatic rings. The maximum absolute atomic E-state index is 13.6. The van der Waals surface area contributed by atoms with Crippen molar-refractivity contribution in [3.8, 4) is 0 Å². The van der Waals surface area contributed by atoms with E-state index in [2.05, 4.69) is 41.3 Å². The van der Waals surface area contributed by atoms with Crippen LogP contribution in [0.15, 0.2) is 29.6 Å². The van der Waals surface area contributed by atoms with Crippen LogP contribution in [0.3, 0.4) is 0 Å². The Morgan fingerprint density at radius 1 is 1.19 bits per heavy atom. The number of halogens is 1. The summed E-state index contributed by atoms with van der Waals surface area (Å²) in [6, 6.07) is 6.24. The Kier molecular flexibility index (Phi) is 6.24. The third kappa shape index (κ3) is 5.57.